The van der Waals surface area contributed by atoms with Gasteiger partial charge in [-0.1, -0.05) is 6.92 Å². The van der Waals surface area contributed by atoms with Crippen LogP contribution < -0.4 is 20.1 Å². The number of anilines is 2. The maximum absolute atomic E-state index is 12.3. The second-order valence-corrected chi connectivity index (χ2v) is 6.09. The maximum Gasteiger partial charge on any atom is 0.238 e. The van der Waals surface area contributed by atoms with Gasteiger partial charge in [-0.2, -0.15) is 0 Å². The minimum absolute atomic E-state index is 0.124. The molecule has 0 aromatic heterocycles. The van der Waals surface area contributed by atoms with Crippen molar-refractivity contribution in [1.29, 1.82) is 0 Å². The number of nitrogens with one attached hydrogen (secondary N) is 2. The Balaban J connectivity index is 1.82. The molecule has 0 heterocycles. The van der Waals surface area contributed by atoms with E-state index >= 15 is 0 Å². The van der Waals surface area contributed by atoms with Gasteiger partial charge in [0.05, 0.1) is 26.8 Å². The Morgan fingerprint density at radius 3 is 1.68 bits per heavy atom. The van der Waals surface area contributed by atoms with Gasteiger partial charge in [0.2, 0.25) is 11.8 Å². The van der Waals surface area contributed by atoms with Gasteiger partial charge in [-0.3, -0.25) is 14.5 Å². The Labute approximate surface area is 165 Å². The lowest BCUT2D eigenvalue weighted by Gasteiger charge is -2.19. The van der Waals surface area contributed by atoms with Gasteiger partial charge in [0, 0.05) is 11.4 Å². The molecule has 2 rings (SSSR count). The molecule has 2 N–H and O–H groups in total. The molecule has 0 aliphatic rings. The van der Waals surface area contributed by atoms with E-state index in [1.54, 1.807) is 60.5 Å². The van der Waals surface area contributed by atoms with E-state index in [-0.39, 0.29) is 24.9 Å². The molecular weight excluding hydrogens is 358 g/mol. The lowest BCUT2D eigenvalue weighted by atomic mass is 10.3. The Hall–Kier alpha value is -3.06. The highest BCUT2D eigenvalue weighted by Crippen LogP contribution is 2.16. The summed E-state index contributed by atoms with van der Waals surface area (Å²) in [6.45, 7) is 5.24. The number of likely N-dealkylation sites (N-methyl/N-ethyl adjacent to an activating group) is 1. The van der Waals surface area contributed by atoms with Crippen molar-refractivity contribution in [2.24, 2.45) is 0 Å². The summed E-state index contributed by atoms with van der Waals surface area (Å²) in [5, 5.41) is 5.65. The number of amides is 2. The monoisotopic (exact) mass is 385 g/mol. The molecule has 28 heavy (non-hydrogen) atoms. The van der Waals surface area contributed by atoms with Gasteiger partial charge in [0.25, 0.3) is 0 Å². The highest BCUT2D eigenvalue weighted by molar-refractivity contribution is 5.94. The lowest BCUT2D eigenvalue weighted by molar-refractivity contribution is -0.119. The predicted molar refractivity (Wildman–Crippen MR) is 110 cm³/mol. The second-order valence-electron chi connectivity index (χ2n) is 6.09. The van der Waals surface area contributed by atoms with Crippen LogP contribution >= 0.6 is 0 Å². The zero-order chi connectivity index (χ0) is 20.4. The van der Waals surface area contributed by atoms with E-state index < -0.39 is 0 Å². The number of hydrogen-bond donors (Lipinski definition) is 2. The second kappa shape index (κ2) is 10.9. The van der Waals surface area contributed by atoms with Crippen molar-refractivity contribution < 1.29 is 19.1 Å². The molecule has 2 amide bonds. The van der Waals surface area contributed by atoms with Crippen LogP contribution in [0.1, 0.15) is 13.8 Å². The summed E-state index contributed by atoms with van der Waals surface area (Å²) < 4.78 is 10.5. The number of rotatable bonds is 10. The summed E-state index contributed by atoms with van der Waals surface area (Å²) in [5.41, 5.74) is 1.37. The third-order valence-electron chi connectivity index (χ3n) is 4.00. The molecule has 0 fully saturated rings. The third kappa shape index (κ3) is 6.92. The van der Waals surface area contributed by atoms with Crippen molar-refractivity contribution in [2.45, 2.75) is 13.8 Å². The molecule has 7 heteroatoms. The van der Waals surface area contributed by atoms with Crippen LogP contribution in [0.2, 0.25) is 0 Å². The van der Waals surface area contributed by atoms with Gasteiger partial charge >= 0.3 is 0 Å². The molecule has 0 spiro atoms. The van der Waals surface area contributed by atoms with Crippen molar-refractivity contribution in [3.8, 4) is 11.5 Å². The molecule has 0 aliphatic heterocycles. The molecule has 0 aliphatic carbocycles. The molecule has 0 atom stereocenters. The summed E-state index contributed by atoms with van der Waals surface area (Å²) in [5.74, 6) is 1.12. The summed E-state index contributed by atoms with van der Waals surface area (Å²) in [6, 6.07) is 14.3. The first-order valence-corrected chi connectivity index (χ1v) is 9.23. The normalized spacial score (nSPS) is 10.4. The average molecular weight is 385 g/mol. The lowest BCUT2D eigenvalue weighted by Crippen LogP contribution is -2.38. The topological polar surface area (TPSA) is 79.9 Å². The van der Waals surface area contributed by atoms with E-state index in [0.717, 1.165) is 11.5 Å². The van der Waals surface area contributed by atoms with Gasteiger partial charge in [-0.05, 0) is 62.0 Å². The molecule has 7 nitrogen and oxygen atoms in total. The van der Waals surface area contributed by atoms with E-state index in [0.29, 0.717) is 24.5 Å². The molecule has 0 saturated carbocycles. The number of hydrogen-bond acceptors (Lipinski definition) is 5. The van der Waals surface area contributed by atoms with Gasteiger partial charge < -0.3 is 20.1 Å². The minimum atomic E-state index is -0.180. The minimum Gasteiger partial charge on any atom is -0.497 e. The first-order chi connectivity index (χ1) is 13.5. The van der Waals surface area contributed by atoms with Crippen molar-refractivity contribution >= 4 is 23.2 Å². The van der Waals surface area contributed by atoms with E-state index in [9.17, 15) is 9.59 Å². The van der Waals surface area contributed by atoms with Gasteiger partial charge in [-0.15, -0.1) is 0 Å². The first kappa shape index (κ1) is 21.2. The molecule has 2 aromatic rings. The Bertz CT molecular complexity index is 760. The molecular formula is C21H27N3O4. The maximum atomic E-state index is 12.3. The molecule has 150 valence electrons. The van der Waals surface area contributed by atoms with Crippen molar-refractivity contribution in [3.05, 3.63) is 48.5 Å². The van der Waals surface area contributed by atoms with Crippen LogP contribution in [0.3, 0.4) is 0 Å². The fourth-order valence-corrected chi connectivity index (χ4v) is 2.56. The third-order valence-corrected chi connectivity index (χ3v) is 4.00. The highest BCUT2D eigenvalue weighted by Gasteiger charge is 2.13. The van der Waals surface area contributed by atoms with E-state index in [1.165, 1.54) is 0 Å². The Morgan fingerprint density at radius 2 is 1.29 bits per heavy atom. The van der Waals surface area contributed by atoms with Crippen LogP contribution in [0.4, 0.5) is 11.4 Å². The van der Waals surface area contributed by atoms with Gasteiger partial charge in [0.15, 0.2) is 0 Å². The molecule has 0 saturated heterocycles. The van der Waals surface area contributed by atoms with Gasteiger partial charge in [0.1, 0.15) is 11.5 Å². The molecule has 2 aromatic carbocycles. The van der Waals surface area contributed by atoms with Crippen molar-refractivity contribution in [3.63, 3.8) is 0 Å². The highest BCUT2D eigenvalue weighted by atomic mass is 16.5. The van der Waals surface area contributed by atoms with E-state index in [2.05, 4.69) is 10.6 Å². The molecule has 0 radical (unpaired) electrons. The number of benzene rings is 2. The van der Waals surface area contributed by atoms with Crippen LogP contribution in [0, 0.1) is 0 Å². The average Bonchev–Trinajstić information content (AvgIpc) is 2.69. The van der Waals surface area contributed by atoms with Gasteiger partial charge in [-0.25, -0.2) is 0 Å². The largest absolute Gasteiger partial charge is 0.497 e. The zero-order valence-corrected chi connectivity index (χ0v) is 16.5. The predicted octanol–water partition coefficient (Wildman–Crippen LogP) is 2.99. The molecule has 0 bridgehead atoms. The van der Waals surface area contributed by atoms with Crippen LogP contribution in [0.5, 0.6) is 11.5 Å². The number of ether oxygens (including phenoxy) is 2. The summed E-state index contributed by atoms with van der Waals surface area (Å²) in [4.78, 5) is 26.3. The molecule has 0 unspecified atom stereocenters. The number of methoxy groups -OCH3 is 1. The van der Waals surface area contributed by atoms with Crippen molar-refractivity contribution in [2.75, 3.05) is 44.0 Å². The summed E-state index contributed by atoms with van der Waals surface area (Å²) >= 11 is 0. The van der Waals surface area contributed by atoms with Crippen LogP contribution in [-0.4, -0.2) is 50.1 Å². The zero-order valence-electron chi connectivity index (χ0n) is 16.5. The fraction of sp³-hybridized carbons (Fsp3) is 0.333. The van der Waals surface area contributed by atoms with Crippen molar-refractivity contribution in [1.82, 2.24) is 4.90 Å². The quantitative estimate of drug-likeness (QED) is 0.657. The van der Waals surface area contributed by atoms with E-state index in [1.807, 2.05) is 13.8 Å². The fourth-order valence-electron chi connectivity index (χ4n) is 2.56. The SMILES string of the molecule is CCOc1ccc(NC(=O)CN(CC)CC(=O)Nc2ccc(OC)cc2)cc1. The van der Waals surface area contributed by atoms with Crippen LogP contribution in [0.15, 0.2) is 48.5 Å². The standard InChI is InChI=1S/C21H27N3O4/c1-4-24(14-20(25)22-16-6-10-18(27-3)11-7-16)15-21(26)23-17-8-12-19(13-9-17)28-5-2/h6-13H,4-5,14-15H2,1-3H3,(H,22,25)(H,23,26). The van der Waals surface area contributed by atoms with E-state index in [4.69, 9.17) is 9.47 Å². The number of carbonyl (C=O) groups excluding carboxylic acids is 2. The van der Waals surface area contributed by atoms with Crippen LogP contribution in [-0.2, 0) is 9.59 Å². The number of carbonyl (C=O) groups is 2. The Kier molecular flexibility index (Phi) is 8.30. The Morgan fingerprint density at radius 1 is 0.821 bits per heavy atom. The first-order valence-electron chi connectivity index (χ1n) is 9.23. The number of nitrogens with zero attached hydrogens (tertiary/aromatic N) is 1. The van der Waals surface area contributed by atoms with Crippen LogP contribution in [0.25, 0.3) is 0 Å². The smallest absolute Gasteiger partial charge is 0.238 e. The summed E-state index contributed by atoms with van der Waals surface area (Å²) in [6.07, 6.45) is 0. The summed E-state index contributed by atoms with van der Waals surface area (Å²) in [7, 11) is 1.59.